The van der Waals surface area contributed by atoms with Crippen molar-refractivity contribution in [1.82, 2.24) is 9.88 Å². The van der Waals surface area contributed by atoms with E-state index in [4.69, 9.17) is 9.47 Å². The van der Waals surface area contributed by atoms with Gasteiger partial charge in [0.2, 0.25) is 0 Å². The molecular formula is C22H36N2O4. The van der Waals surface area contributed by atoms with Crippen molar-refractivity contribution >= 4 is 18.1 Å². The summed E-state index contributed by atoms with van der Waals surface area (Å²) in [4.78, 5) is 24.3. The lowest BCUT2D eigenvalue weighted by atomic mass is 10.0. The summed E-state index contributed by atoms with van der Waals surface area (Å²) in [6, 6.07) is 3.96. The molecule has 1 N–H and O–H groups in total. The standard InChI is InChI=1S/C22H36N2O4/c1-7-9-10-13-19(25)27-17-22(6,23-20(26)28-21(3,4)5)15-14-18-12-11-16-24(18)8-2/h11-12,14-16H,7-10,13,17H2,1-6H3,(H,23,26)/b15-14+/t22-/m1/s1. The molecule has 0 saturated heterocycles. The summed E-state index contributed by atoms with van der Waals surface area (Å²) in [7, 11) is 0. The molecule has 0 aromatic carbocycles. The zero-order chi connectivity index (χ0) is 21.2. The monoisotopic (exact) mass is 392 g/mol. The number of carbonyl (C=O) groups is 2. The first-order valence-electron chi connectivity index (χ1n) is 10.1. The molecule has 1 rings (SSSR count). The Kier molecular flexibility index (Phi) is 9.29. The van der Waals surface area contributed by atoms with Gasteiger partial charge in [-0.25, -0.2) is 4.79 Å². The number of hydrogen-bond donors (Lipinski definition) is 1. The van der Waals surface area contributed by atoms with Crippen LogP contribution in [0.3, 0.4) is 0 Å². The molecule has 0 aliphatic rings. The van der Waals surface area contributed by atoms with E-state index in [0.29, 0.717) is 6.42 Å². The maximum absolute atomic E-state index is 12.3. The van der Waals surface area contributed by atoms with Crippen molar-refractivity contribution in [3.8, 4) is 0 Å². The predicted octanol–water partition coefficient (Wildman–Crippen LogP) is 4.93. The zero-order valence-electron chi connectivity index (χ0n) is 18.2. The summed E-state index contributed by atoms with van der Waals surface area (Å²) in [5.41, 5.74) is -0.484. The lowest BCUT2D eigenvalue weighted by molar-refractivity contribution is -0.145. The zero-order valence-corrected chi connectivity index (χ0v) is 18.2. The Morgan fingerprint density at radius 1 is 1.18 bits per heavy atom. The average molecular weight is 393 g/mol. The number of aryl methyl sites for hydroxylation is 1. The second kappa shape index (κ2) is 10.9. The Balaban J connectivity index is 2.86. The fraction of sp³-hybridized carbons (Fsp3) is 0.636. The SMILES string of the molecule is CCCCCC(=O)OC[C@@](C)(/C=C/c1cccn1CC)NC(=O)OC(C)(C)C. The number of nitrogens with zero attached hydrogens (tertiary/aromatic N) is 1. The number of unbranched alkanes of at least 4 members (excludes halogenated alkanes) is 2. The van der Waals surface area contributed by atoms with Gasteiger partial charge in [0, 0.05) is 24.9 Å². The first-order chi connectivity index (χ1) is 13.1. The summed E-state index contributed by atoms with van der Waals surface area (Å²) in [5, 5.41) is 2.84. The van der Waals surface area contributed by atoms with E-state index >= 15 is 0 Å². The van der Waals surface area contributed by atoms with Gasteiger partial charge < -0.3 is 19.4 Å². The molecule has 0 fully saturated rings. The second-order valence-corrected chi connectivity index (χ2v) is 8.21. The van der Waals surface area contributed by atoms with Gasteiger partial charge in [-0.15, -0.1) is 0 Å². The van der Waals surface area contributed by atoms with Crippen LogP contribution in [-0.2, 0) is 20.8 Å². The van der Waals surface area contributed by atoms with E-state index < -0.39 is 17.2 Å². The average Bonchev–Trinajstić information content (AvgIpc) is 3.04. The number of carbonyl (C=O) groups excluding carboxylic acids is 2. The molecule has 6 heteroatoms. The van der Waals surface area contributed by atoms with Crippen molar-refractivity contribution in [3.63, 3.8) is 0 Å². The topological polar surface area (TPSA) is 69.6 Å². The van der Waals surface area contributed by atoms with Crippen LogP contribution in [0.15, 0.2) is 24.4 Å². The van der Waals surface area contributed by atoms with Crippen LogP contribution in [0, 0.1) is 0 Å². The lowest BCUT2D eigenvalue weighted by Gasteiger charge is -2.29. The first kappa shape index (κ1) is 23.8. The van der Waals surface area contributed by atoms with Crippen LogP contribution < -0.4 is 5.32 Å². The summed E-state index contributed by atoms with van der Waals surface area (Å²) in [6.45, 7) is 12.3. The molecule has 0 radical (unpaired) electrons. The molecule has 0 saturated carbocycles. The van der Waals surface area contributed by atoms with Gasteiger partial charge in [-0.3, -0.25) is 4.79 Å². The van der Waals surface area contributed by atoms with Crippen molar-refractivity contribution in [1.29, 1.82) is 0 Å². The summed E-state index contributed by atoms with van der Waals surface area (Å²) in [5.74, 6) is -0.254. The van der Waals surface area contributed by atoms with Crippen LogP contribution in [-0.4, -0.2) is 34.4 Å². The number of rotatable bonds is 10. The van der Waals surface area contributed by atoms with E-state index in [-0.39, 0.29) is 12.6 Å². The summed E-state index contributed by atoms with van der Waals surface area (Å²) >= 11 is 0. The number of hydrogen-bond acceptors (Lipinski definition) is 4. The number of alkyl carbamates (subject to hydrolysis) is 1. The highest BCUT2D eigenvalue weighted by Gasteiger charge is 2.28. The molecule has 0 spiro atoms. The van der Waals surface area contributed by atoms with E-state index in [9.17, 15) is 9.59 Å². The normalized spacial score (nSPS) is 13.9. The molecule has 1 amide bonds. The van der Waals surface area contributed by atoms with E-state index in [1.165, 1.54) is 0 Å². The van der Waals surface area contributed by atoms with Crippen LogP contribution in [0.4, 0.5) is 4.79 Å². The quantitative estimate of drug-likeness (QED) is 0.453. The smallest absolute Gasteiger partial charge is 0.408 e. The number of ether oxygens (including phenoxy) is 2. The van der Waals surface area contributed by atoms with Crippen molar-refractivity contribution in [2.45, 2.75) is 84.9 Å². The fourth-order valence-electron chi connectivity index (χ4n) is 2.62. The molecule has 1 heterocycles. The number of nitrogens with one attached hydrogen (secondary N) is 1. The summed E-state index contributed by atoms with van der Waals surface area (Å²) < 4.78 is 12.9. The molecule has 1 atom stereocenters. The van der Waals surface area contributed by atoms with E-state index in [0.717, 1.165) is 31.5 Å². The molecule has 0 aliphatic carbocycles. The minimum Gasteiger partial charge on any atom is -0.463 e. The molecule has 1 aromatic rings. The maximum Gasteiger partial charge on any atom is 0.408 e. The summed E-state index contributed by atoms with van der Waals surface area (Å²) in [6.07, 6.45) is 8.45. The Morgan fingerprint density at radius 3 is 2.50 bits per heavy atom. The minimum absolute atomic E-state index is 0.0422. The Hall–Kier alpha value is -2.24. The van der Waals surface area contributed by atoms with Crippen molar-refractivity contribution in [2.75, 3.05) is 6.61 Å². The molecule has 0 aliphatic heterocycles. The lowest BCUT2D eigenvalue weighted by Crippen LogP contribution is -2.50. The third-order valence-electron chi connectivity index (χ3n) is 4.13. The van der Waals surface area contributed by atoms with Crippen LogP contribution in [0.25, 0.3) is 6.08 Å². The van der Waals surface area contributed by atoms with Crippen LogP contribution in [0.1, 0.15) is 72.9 Å². The van der Waals surface area contributed by atoms with Crippen LogP contribution in [0.2, 0.25) is 0 Å². The first-order valence-corrected chi connectivity index (χ1v) is 10.1. The molecule has 6 nitrogen and oxygen atoms in total. The third-order valence-corrected chi connectivity index (χ3v) is 4.13. The van der Waals surface area contributed by atoms with Crippen molar-refractivity contribution in [2.24, 2.45) is 0 Å². The Bertz CT molecular complexity index is 658. The van der Waals surface area contributed by atoms with Crippen LogP contribution >= 0.6 is 0 Å². The predicted molar refractivity (Wildman–Crippen MR) is 112 cm³/mol. The van der Waals surface area contributed by atoms with E-state index in [2.05, 4.69) is 23.7 Å². The molecule has 0 bridgehead atoms. The van der Waals surface area contributed by atoms with Gasteiger partial charge in [-0.2, -0.15) is 0 Å². The Morgan fingerprint density at radius 2 is 1.89 bits per heavy atom. The molecule has 0 unspecified atom stereocenters. The molecule has 158 valence electrons. The van der Waals surface area contributed by atoms with Crippen LogP contribution in [0.5, 0.6) is 0 Å². The van der Waals surface area contributed by atoms with Crippen molar-refractivity contribution < 1.29 is 19.1 Å². The Labute approximate surface area is 169 Å². The molecular weight excluding hydrogens is 356 g/mol. The highest BCUT2D eigenvalue weighted by atomic mass is 16.6. The van der Waals surface area contributed by atoms with Gasteiger partial charge in [0.05, 0.1) is 5.54 Å². The van der Waals surface area contributed by atoms with Gasteiger partial charge in [0.1, 0.15) is 12.2 Å². The van der Waals surface area contributed by atoms with E-state index in [1.807, 2.05) is 58.2 Å². The number of amides is 1. The fourth-order valence-corrected chi connectivity index (χ4v) is 2.62. The number of aromatic nitrogens is 1. The van der Waals surface area contributed by atoms with Gasteiger partial charge in [0.25, 0.3) is 0 Å². The van der Waals surface area contributed by atoms with Gasteiger partial charge in [-0.05, 0) is 59.2 Å². The van der Waals surface area contributed by atoms with Gasteiger partial charge >= 0.3 is 12.1 Å². The molecule has 28 heavy (non-hydrogen) atoms. The van der Waals surface area contributed by atoms with E-state index in [1.54, 1.807) is 0 Å². The van der Waals surface area contributed by atoms with Crippen molar-refractivity contribution in [3.05, 3.63) is 30.1 Å². The largest absolute Gasteiger partial charge is 0.463 e. The highest BCUT2D eigenvalue weighted by Crippen LogP contribution is 2.15. The van der Waals surface area contributed by atoms with Gasteiger partial charge in [-0.1, -0.05) is 25.8 Å². The minimum atomic E-state index is -0.883. The van der Waals surface area contributed by atoms with Gasteiger partial charge in [0.15, 0.2) is 0 Å². The molecule has 1 aromatic heterocycles. The number of esters is 1. The second-order valence-electron chi connectivity index (χ2n) is 8.21. The highest BCUT2D eigenvalue weighted by molar-refractivity contribution is 5.71. The third kappa shape index (κ3) is 9.11. The maximum atomic E-state index is 12.3.